The Morgan fingerprint density at radius 3 is 2.57 bits per heavy atom. The summed E-state index contributed by atoms with van der Waals surface area (Å²) in [7, 11) is 0. The van der Waals surface area contributed by atoms with E-state index in [1.54, 1.807) is 0 Å². The molecule has 0 spiro atoms. The van der Waals surface area contributed by atoms with E-state index in [1.807, 2.05) is 6.07 Å². The molecule has 2 aromatic carbocycles. The molecular weight excluding hydrogens is 348 g/mol. The third-order valence-electron chi connectivity index (χ3n) is 5.21. The van der Waals surface area contributed by atoms with Crippen molar-refractivity contribution in [3.05, 3.63) is 71.3 Å². The number of rotatable bonds is 9. The topological polar surface area (TPSA) is 41.6 Å². The highest BCUT2D eigenvalue weighted by atomic mass is 16.5. The summed E-state index contributed by atoms with van der Waals surface area (Å²) < 4.78 is 5.84. The molecule has 1 N–H and O–H groups in total. The number of aryl methyl sites for hydroxylation is 1. The number of benzene rings is 2. The Morgan fingerprint density at radius 1 is 1.07 bits per heavy atom. The number of nitrogens with one attached hydrogen (secondary N) is 1. The molecule has 1 unspecified atom stereocenters. The fourth-order valence-corrected chi connectivity index (χ4v) is 3.57. The van der Waals surface area contributed by atoms with Crippen LogP contribution in [0.15, 0.2) is 54.6 Å². The van der Waals surface area contributed by atoms with E-state index in [0.29, 0.717) is 19.6 Å². The minimum atomic E-state index is 0.0535. The molecule has 28 heavy (non-hydrogen) atoms. The van der Waals surface area contributed by atoms with Gasteiger partial charge >= 0.3 is 0 Å². The average Bonchev–Trinajstić information content (AvgIpc) is 2.73. The predicted molar refractivity (Wildman–Crippen MR) is 113 cm³/mol. The van der Waals surface area contributed by atoms with E-state index in [4.69, 9.17) is 4.74 Å². The SMILES string of the molecule is CCCCc1ccc(CC(=O)NCC2CN(Cc3ccccc3)CCO2)cc1. The summed E-state index contributed by atoms with van der Waals surface area (Å²) in [5, 5.41) is 3.04. The predicted octanol–water partition coefficient (Wildman–Crippen LogP) is 3.59. The molecule has 1 heterocycles. The van der Waals surface area contributed by atoms with Crippen LogP contribution in [0.5, 0.6) is 0 Å². The summed E-state index contributed by atoms with van der Waals surface area (Å²) >= 11 is 0. The number of nitrogens with zero attached hydrogens (tertiary/aromatic N) is 1. The van der Waals surface area contributed by atoms with E-state index in [2.05, 4.69) is 65.7 Å². The van der Waals surface area contributed by atoms with Crippen molar-refractivity contribution >= 4 is 5.91 Å². The van der Waals surface area contributed by atoms with Gasteiger partial charge in [-0.3, -0.25) is 9.69 Å². The van der Waals surface area contributed by atoms with Gasteiger partial charge in [-0.1, -0.05) is 67.9 Å². The van der Waals surface area contributed by atoms with E-state index >= 15 is 0 Å². The van der Waals surface area contributed by atoms with Gasteiger partial charge in [-0.25, -0.2) is 0 Å². The van der Waals surface area contributed by atoms with Crippen molar-refractivity contribution in [3.63, 3.8) is 0 Å². The summed E-state index contributed by atoms with van der Waals surface area (Å²) in [6.45, 7) is 6.20. The highest BCUT2D eigenvalue weighted by molar-refractivity contribution is 5.78. The van der Waals surface area contributed by atoms with Crippen LogP contribution in [0.4, 0.5) is 0 Å². The molecule has 1 aliphatic rings. The Labute approximate surface area is 168 Å². The molecule has 0 saturated carbocycles. The van der Waals surface area contributed by atoms with Crippen LogP contribution in [0.25, 0.3) is 0 Å². The Balaban J connectivity index is 1.40. The molecule has 4 heteroatoms. The maximum absolute atomic E-state index is 12.3. The van der Waals surface area contributed by atoms with E-state index < -0.39 is 0 Å². The van der Waals surface area contributed by atoms with Gasteiger partial charge in [-0.05, 0) is 29.5 Å². The van der Waals surface area contributed by atoms with Crippen LogP contribution in [0, 0.1) is 0 Å². The number of hydrogen-bond donors (Lipinski definition) is 1. The van der Waals surface area contributed by atoms with Crippen molar-refractivity contribution < 1.29 is 9.53 Å². The van der Waals surface area contributed by atoms with Crippen LogP contribution < -0.4 is 5.32 Å². The quantitative estimate of drug-likeness (QED) is 0.723. The zero-order valence-corrected chi connectivity index (χ0v) is 16.9. The normalized spacial score (nSPS) is 17.4. The molecule has 1 atom stereocenters. The van der Waals surface area contributed by atoms with Crippen molar-refractivity contribution in [1.82, 2.24) is 10.2 Å². The Hall–Kier alpha value is -2.17. The number of morpholine rings is 1. The second-order valence-electron chi connectivity index (χ2n) is 7.61. The first-order valence-electron chi connectivity index (χ1n) is 10.5. The van der Waals surface area contributed by atoms with Gasteiger partial charge < -0.3 is 10.1 Å². The van der Waals surface area contributed by atoms with Gasteiger partial charge in [0.1, 0.15) is 0 Å². The van der Waals surface area contributed by atoms with Crippen LogP contribution in [-0.4, -0.2) is 43.2 Å². The van der Waals surface area contributed by atoms with Gasteiger partial charge in [0.15, 0.2) is 0 Å². The largest absolute Gasteiger partial charge is 0.374 e. The average molecular weight is 381 g/mol. The summed E-state index contributed by atoms with van der Waals surface area (Å²) in [5.74, 6) is 0.0603. The Kier molecular flexibility index (Phi) is 8.07. The maximum Gasteiger partial charge on any atom is 0.224 e. The summed E-state index contributed by atoms with van der Waals surface area (Å²) in [6, 6.07) is 18.9. The summed E-state index contributed by atoms with van der Waals surface area (Å²) in [5.41, 5.74) is 3.72. The number of amides is 1. The van der Waals surface area contributed by atoms with Crippen molar-refractivity contribution in [1.29, 1.82) is 0 Å². The smallest absolute Gasteiger partial charge is 0.224 e. The van der Waals surface area contributed by atoms with Crippen LogP contribution in [0.1, 0.15) is 36.5 Å². The second kappa shape index (κ2) is 11.0. The molecule has 0 radical (unpaired) electrons. The molecule has 0 aromatic heterocycles. The first-order valence-corrected chi connectivity index (χ1v) is 10.5. The number of unbranched alkanes of at least 4 members (excludes halogenated alkanes) is 1. The van der Waals surface area contributed by atoms with Gasteiger partial charge in [0.25, 0.3) is 0 Å². The fourth-order valence-electron chi connectivity index (χ4n) is 3.57. The third-order valence-corrected chi connectivity index (χ3v) is 5.21. The van der Waals surface area contributed by atoms with Crippen molar-refractivity contribution in [2.24, 2.45) is 0 Å². The molecule has 2 aromatic rings. The van der Waals surface area contributed by atoms with E-state index in [-0.39, 0.29) is 12.0 Å². The number of carbonyl (C=O) groups is 1. The molecule has 1 amide bonds. The van der Waals surface area contributed by atoms with Gasteiger partial charge in [-0.2, -0.15) is 0 Å². The molecule has 1 saturated heterocycles. The first-order chi connectivity index (χ1) is 13.7. The van der Waals surface area contributed by atoms with Crippen LogP contribution in [-0.2, 0) is 28.9 Å². The molecule has 3 rings (SSSR count). The zero-order valence-electron chi connectivity index (χ0n) is 16.9. The van der Waals surface area contributed by atoms with Gasteiger partial charge in [-0.15, -0.1) is 0 Å². The molecule has 4 nitrogen and oxygen atoms in total. The van der Waals surface area contributed by atoms with Gasteiger partial charge in [0.05, 0.1) is 19.1 Å². The lowest BCUT2D eigenvalue weighted by molar-refractivity contribution is -0.121. The highest BCUT2D eigenvalue weighted by Crippen LogP contribution is 2.11. The van der Waals surface area contributed by atoms with Gasteiger partial charge in [0, 0.05) is 26.2 Å². The van der Waals surface area contributed by atoms with E-state index in [1.165, 1.54) is 24.0 Å². The number of carbonyl (C=O) groups excluding carboxylic acids is 1. The first kappa shape index (κ1) is 20.6. The van der Waals surface area contributed by atoms with Crippen LogP contribution in [0.3, 0.4) is 0 Å². The van der Waals surface area contributed by atoms with Crippen molar-refractivity contribution in [3.8, 4) is 0 Å². The third kappa shape index (κ3) is 6.77. The molecular formula is C24H32N2O2. The van der Waals surface area contributed by atoms with Crippen molar-refractivity contribution in [2.75, 3.05) is 26.2 Å². The van der Waals surface area contributed by atoms with Crippen LogP contribution in [0.2, 0.25) is 0 Å². The molecule has 1 fully saturated rings. The molecule has 1 aliphatic heterocycles. The lowest BCUT2D eigenvalue weighted by atomic mass is 10.0. The number of hydrogen-bond acceptors (Lipinski definition) is 3. The lowest BCUT2D eigenvalue weighted by Gasteiger charge is -2.33. The number of ether oxygens (including phenoxy) is 1. The van der Waals surface area contributed by atoms with Gasteiger partial charge in [0.2, 0.25) is 5.91 Å². The standard InChI is InChI=1S/C24H32N2O2/c1-2-3-7-20-10-12-21(13-11-20)16-24(27)25-17-23-19-26(14-15-28-23)18-22-8-5-4-6-9-22/h4-6,8-13,23H,2-3,7,14-19H2,1H3,(H,25,27). The zero-order chi connectivity index (χ0) is 19.6. The second-order valence-corrected chi connectivity index (χ2v) is 7.61. The van der Waals surface area contributed by atoms with E-state index in [0.717, 1.165) is 31.6 Å². The monoisotopic (exact) mass is 380 g/mol. The summed E-state index contributed by atoms with van der Waals surface area (Å²) in [6.07, 6.45) is 4.01. The molecule has 0 aliphatic carbocycles. The summed E-state index contributed by atoms with van der Waals surface area (Å²) in [4.78, 5) is 14.7. The fraction of sp³-hybridized carbons (Fsp3) is 0.458. The Morgan fingerprint density at radius 2 is 1.82 bits per heavy atom. The minimum Gasteiger partial charge on any atom is -0.374 e. The van der Waals surface area contributed by atoms with Crippen molar-refractivity contribution in [2.45, 2.75) is 45.3 Å². The lowest BCUT2D eigenvalue weighted by Crippen LogP contribution is -2.47. The Bertz CT molecular complexity index is 715. The van der Waals surface area contributed by atoms with E-state index in [9.17, 15) is 4.79 Å². The molecule has 150 valence electrons. The van der Waals surface area contributed by atoms with Crippen LogP contribution >= 0.6 is 0 Å². The maximum atomic E-state index is 12.3. The highest BCUT2D eigenvalue weighted by Gasteiger charge is 2.21. The minimum absolute atomic E-state index is 0.0535. The molecule has 0 bridgehead atoms.